The van der Waals surface area contributed by atoms with E-state index in [2.05, 4.69) is 4.98 Å². The maximum absolute atomic E-state index is 12.4. The van der Waals surface area contributed by atoms with Gasteiger partial charge in [0.1, 0.15) is 0 Å². The van der Waals surface area contributed by atoms with Crippen LogP contribution in [0, 0.1) is 0 Å². The van der Waals surface area contributed by atoms with Crippen molar-refractivity contribution in [2.24, 2.45) is 5.73 Å². The summed E-state index contributed by atoms with van der Waals surface area (Å²) in [5.74, 6) is 0. The molecule has 0 saturated heterocycles. The molecular weight excluding hydrogens is 224 g/mol. The van der Waals surface area contributed by atoms with E-state index >= 15 is 0 Å². The molecule has 0 unspecified atom stereocenters. The lowest BCUT2D eigenvalue weighted by Gasteiger charge is -2.04. The first kappa shape index (κ1) is 11.7. The highest BCUT2D eigenvalue weighted by atomic mass is 19.3. The molecular formula is C12H13F2N3. The molecule has 0 aliphatic heterocycles. The standard InChI is InChI=1S/C12H13F2N3/c1-8(15)11-6-17(7-16-11)10-4-2-9(3-5-10)12(13)14/h2-8,12H,15H2,1H3/t8-/m0/s1. The van der Waals surface area contributed by atoms with Crippen molar-refractivity contribution in [3.63, 3.8) is 0 Å². The molecule has 0 aliphatic carbocycles. The summed E-state index contributed by atoms with van der Waals surface area (Å²) in [7, 11) is 0. The first-order chi connectivity index (χ1) is 8.08. The van der Waals surface area contributed by atoms with E-state index in [9.17, 15) is 8.78 Å². The van der Waals surface area contributed by atoms with Gasteiger partial charge in [-0.3, -0.25) is 0 Å². The fraction of sp³-hybridized carbons (Fsp3) is 0.250. The Kier molecular flexibility index (Phi) is 3.19. The Labute approximate surface area is 97.9 Å². The molecule has 0 bridgehead atoms. The van der Waals surface area contributed by atoms with Crippen LogP contribution in [-0.4, -0.2) is 9.55 Å². The summed E-state index contributed by atoms with van der Waals surface area (Å²) in [4.78, 5) is 4.14. The number of rotatable bonds is 3. The third-order valence-corrected chi connectivity index (χ3v) is 2.51. The summed E-state index contributed by atoms with van der Waals surface area (Å²) >= 11 is 0. The minimum absolute atomic E-state index is 0.0151. The van der Waals surface area contributed by atoms with Crippen molar-refractivity contribution in [2.75, 3.05) is 0 Å². The van der Waals surface area contributed by atoms with Crippen molar-refractivity contribution >= 4 is 0 Å². The SMILES string of the molecule is C[C@H](N)c1cn(-c2ccc(C(F)F)cc2)cn1. The molecule has 0 fully saturated rings. The van der Waals surface area contributed by atoms with Crippen molar-refractivity contribution in [2.45, 2.75) is 19.4 Å². The number of nitrogens with two attached hydrogens (primary N) is 1. The predicted molar refractivity (Wildman–Crippen MR) is 61.1 cm³/mol. The highest BCUT2D eigenvalue weighted by molar-refractivity contribution is 5.35. The maximum Gasteiger partial charge on any atom is 0.263 e. The largest absolute Gasteiger partial charge is 0.323 e. The zero-order valence-corrected chi connectivity index (χ0v) is 9.35. The summed E-state index contributed by atoms with van der Waals surface area (Å²) < 4.78 is 26.5. The molecule has 2 rings (SSSR count). The molecule has 2 aromatic rings. The molecule has 1 heterocycles. The van der Waals surface area contributed by atoms with Crippen LogP contribution in [-0.2, 0) is 0 Å². The van der Waals surface area contributed by atoms with Crippen LogP contribution in [0.4, 0.5) is 8.78 Å². The van der Waals surface area contributed by atoms with Gasteiger partial charge in [0.15, 0.2) is 0 Å². The number of alkyl halides is 2. The zero-order valence-electron chi connectivity index (χ0n) is 9.35. The quantitative estimate of drug-likeness (QED) is 0.892. The van der Waals surface area contributed by atoms with Gasteiger partial charge in [-0.25, -0.2) is 13.8 Å². The topological polar surface area (TPSA) is 43.8 Å². The summed E-state index contributed by atoms with van der Waals surface area (Å²) in [5.41, 5.74) is 7.26. The lowest BCUT2D eigenvalue weighted by Crippen LogP contribution is -2.04. The molecule has 90 valence electrons. The monoisotopic (exact) mass is 237 g/mol. The maximum atomic E-state index is 12.4. The number of imidazole rings is 1. The Morgan fingerprint density at radius 3 is 2.35 bits per heavy atom. The van der Waals surface area contributed by atoms with E-state index < -0.39 is 6.43 Å². The van der Waals surface area contributed by atoms with Crippen LogP contribution >= 0.6 is 0 Å². The zero-order chi connectivity index (χ0) is 12.4. The third-order valence-electron chi connectivity index (χ3n) is 2.51. The Bertz CT molecular complexity index is 489. The molecule has 5 heteroatoms. The van der Waals surface area contributed by atoms with Crippen molar-refractivity contribution in [1.82, 2.24) is 9.55 Å². The van der Waals surface area contributed by atoms with Gasteiger partial charge >= 0.3 is 0 Å². The minimum Gasteiger partial charge on any atom is -0.323 e. The van der Waals surface area contributed by atoms with E-state index in [0.717, 1.165) is 11.4 Å². The second-order valence-electron chi connectivity index (χ2n) is 3.89. The predicted octanol–water partition coefficient (Wildman–Crippen LogP) is 2.83. The first-order valence-corrected chi connectivity index (χ1v) is 5.26. The highest BCUT2D eigenvalue weighted by Crippen LogP contribution is 2.20. The molecule has 0 saturated carbocycles. The first-order valence-electron chi connectivity index (χ1n) is 5.26. The van der Waals surface area contributed by atoms with Gasteiger partial charge in [-0.2, -0.15) is 0 Å². The molecule has 3 nitrogen and oxygen atoms in total. The van der Waals surface area contributed by atoms with E-state index in [4.69, 9.17) is 5.73 Å². The molecule has 0 radical (unpaired) electrons. The van der Waals surface area contributed by atoms with Crippen LogP contribution in [0.25, 0.3) is 5.69 Å². The molecule has 0 amide bonds. The van der Waals surface area contributed by atoms with Crippen LogP contribution in [0.3, 0.4) is 0 Å². The van der Waals surface area contributed by atoms with Crippen molar-refractivity contribution in [1.29, 1.82) is 0 Å². The van der Waals surface area contributed by atoms with Gasteiger partial charge in [-0.1, -0.05) is 12.1 Å². The van der Waals surface area contributed by atoms with E-state index in [1.54, 1.807) is 29.2 Å². The van der Waals surface area contributed by atoms with Crippen LogP contribution in [0.5, 0.6) is 0 Å². The van der Waals surface area contributed by atoms with Crippen molar-refractivity contribution in [3.05, 3.63) is 48.0 Å². The van der Waals surface area contributed by atoms with Gasteiger partial charge in [-0.15, -0.1) is 0 Å². The van der Waals surface area contributed by atoms with Gasteiger partial charge in [0.2, 0.25) is 0 Å². The number of halogens is 2. The van der Waals surface area contributed by atoms with Crippen molar-refractivity contribution < 1.29 is 8.78 Å². The van der Waals surface area contributed by atoms with Crippen molar-refractivity contribution in [3.8, 4) is 5.69 Å². The Morgan fingerprint density at radius 2 is 1.88 bits per heavy atom. The fourth-order valence-corrected chi connectivity index (χ4v) is 1.51. The van der Waals surface area contributed by atoms with Gasteiger partial charge in [0.05, 0.1) is 12.0 Å². The Balaban J connectivity index is 2.27. The van der Waals surface area contributed by atoms with Gasteiger partial charge < -0.3 is 10.3 Å². The summed E-state index contributed by atoms with van der Waals surface area (Å²) in [6, 6.07) is 5.94. The van der Waals surface area contributed by atoms with Crippen LogP contribution < -0.4 is 5.73 Å². The van der Waals surface area contributed by atoms with E-state index in [1.165, 1.54) is 12.1 Å². The molecule has 0 spiro atoms. The molecule has 1 aromatic carbocycles. The number of nitrogens with zero attached hydrogens (tertiary/aromatic N) is 2. The minimum atomic E-state index is -2.44. The smallest absolute Gasteiger partial charge is 0.263 e. The van der Waals surface area contributed by atoms with Crippen LogP contribution in [0.1, 0.15) is 30.6 Å². The van der Waals surface area contributed by atoms with Crippen LogP contribution in [0.2, 0.25) is 0 Å². The van der Waals surface area contributed by atoms with E-state index in [1.807, 2.05) is 6.92 Å². The second-order valence-corrected chi connectivity index (χ2v) is 3.89. The number of aromatic nitrogens is 2. The highest BCUT2D eigenvalue weighted by Gasteiger charge is 2.08. The molecule has 1 atom stereocenters. The molecule has 2 N–H and O–H groups in total. The average Bonchev–Trinajstić information content (AvgIpc) is 2.78. The normalized spacial score (nSPS) is 13.0. The number of hydrogen-bond donors (Lipinski definition) is 1. The van der Waals surface area contributed by atoms with Gasteiger partial charge in [0.25, 0.3) is 6.43 Å². The second kappa shape index (κ2) is 4.63. The molecule has 17 heavy (non-hydrogen) atoms. The molecule has 1 aromatic heterocycles. The van der Waals surface area contributed by atoms with E-state index in [-0.39, 0.29) is 11.6 Å². The Morgan fingerprint density at radius 1 is 1.24 bits per heavy atom. The van der Waals surface area contributed by atoms with Gasteiger partial charge in [-0.05, 0) is 19.1 Å². The third kappa shape index (κ3) is 2.50. The van der Waals surface area contributed by atoms with Crippen LogP contribution in [0.15, 0.2) is 36.8 Å². The number of benzene rings is 1. The fourth-order valence-electron chi connectivity index (χ4n) is 1.51. The van der Waals surface area contributed by atoms with E-state index in [0.29, 0.717) is 0 Å². The summed E-state index contributed by atoms with van der Waals surface area (Å²) in [5, 5.41) is 0. The summed E-state index contributed by atoms with van der Waals surface area (Å²) in [6.45, 7) is 1.84. The number of hydrogen-bond acceptors (Lipinski definition) is 2. The van der Waals surface area contributed by atoms with Gasteiger partial charge in [0, 0.05) is 23.5 Å². The Hall–Kier alpha value is -1.75. The molecule has 0 aliphatic rings. The lowest BCUT2D eigenvalue weighted by atomic mass is 10.2. The summed E-state index contributed by atoms with van der Waals surface area (Å²) in [6.07, 6.45) is 0.976. The average molecular weight is 237 g/mol. The lowest BCUT2D eigenvalue weighted by molar-refractivity contribution is 0.151.